The van der Waals surface area contributed by atoms with Crippen LogP contribution in [0.5, 0.6) is 23.0 Å². The molecule has 0 bridgehead atoms. The molecule has 358 valence electrons. The van der Waals surface area contributed by atoms with Crippen molar-refractivity contribution in [1.29, 1.82) is 0 Å². The van der Waals surface area contributed by atoms with Crippen LogP contribution in [0.1, 0.15) is 64.7 Å². The van der Waals surface area contributed by atoms with Crippen molar-refractivity contribution in [3.05, 3.63) is 127 Å². The highest BCUT2D eigenvalue weighted by atomic mass is 19.1. The maximum absolute atomic E-state index is 13.3. The molecule has 2 aliphatic rings. The van der Waals surface area contributed by atoms with Crippen LogP contribution in [0.4, 0.5) is 8.78 Å². The standard InChI is InChI=1S/C22H22FN3O7.C22H21FN2O7.2CH4/c23-14-3-1-12(2-4-14)7-13-8-25-16-17-19(13)33-22(10-28,11-29)9-26(17)21(32)15(18(16)30)20(31)24-5-6-27;1-2-31-21(29)15-18(27)16-17-19(32-11-22(30,10-26)9-25(17)20(15)28)13(8-24-16)7-12-3-5-14(23)6-4-12;;/h1-4,8,27-30H,5-7,9-11H2,(H,24,31);3-6,8,26-27,30H,2,7,9-11H2,1H3;2*1H4. The third-order valence-corrected chi connectivity index (χ3v) is 10.8. The highest BCUT2D eigenvalue weighted by Gasteiger charge is 2.41. The van der Waals surface area contributed by atoms with Crippen LogP contribution in [-0.2, 0) is 30.7 Å². The molecular weight excluding hydrogens is 885 g/mol. The van der Waals surface area contributed by atoms with Gasteiger partial charge in [-0.25, -0.2) is 13.6 Å². The van der Waals surface area contributed by atoms with Crippen molar-refractivity contribution in [2.24, 2.45) is 0 Å². The van der Waals surface area contributed by atoms with E-state index in [1.807, 2.05) is 0 Å². The summed E-state index contributed by atoms with van der Waals surface area (Å²) in [7, 11) is 0. The number of aliphatic hydroxyl groups excluding tert-OH is 4. The number of nitrogens with one attached hydrogen (secondary N) is 1. The second-order valence-electron chi connectivity index (χ2n) is 15.4. The first kappa shape index (κ1) is 51.0. The van der Waals surface area contributed by atoms with Gasteiger partial charge in [0, 0.05) is 42.9 Å². The summed E-state index contributed by atoms with van der Waals surface area (Å²) in [5.74, 6) is -3.78. The molecule has 0 saturated heterocycles. The van der Waals surface area contributed by atoms with Gasteiger partial charge in [0.2, 0.25) is 0 Å². The normalized spacial score (nSPS) is 15.4. The molecule has 0 spiro atoms. The van der Waals surface area contributed by atoms with Gasteiger partial charge in [0.25, 0.3) is 17.0 Å². The third kappa shape index (κ3) is 9.77. The van der Waals surface area contributed by atoms with Crippen LogP contribution in [0.3, 0.4) is 0 Å². The Morgan fingerprint density at radius 2 is 1.25 bits per heavy atom. The molecule has 67 heavy (non-hydrogen) atoms. The van der Waals surface area contributed by atoms with Crippen molar-refractivity contribution in [1.82, 2.24) is 24.4 Å². The van der Waals surface area contributed by atoms with Crippen molar-refractivity contribution in [3.63, 3.8) is 0 Å². The van der Waals surface area contributed by atoms with Crippen LogP contribution in [0, 0.1) is 11.6 Å². The fourth-order valence-corrected chi connectivity index (χ4v) is 7.52. The van der Waals surface area contributed by atoms with Crippen LogP contribution in [-0.4, -0.2) is 124 Å². The van der Waals surface area contributed by atoms with Gasteiger partial charge in [-0.1, -0.05) is 39.1 Å². The SMILES string of the molecule is C.C.CCOC(=O)c1c(O)c2ncc(Cc3ccc(F)cc3)c3c2n(c1=O)CC(O)(CO)CO3.O=C(NCCO)c1c(O)c2ncc(Cc3ccc(F)cc3)c3c2n(c1=O)CC(CO)(CO)O3. The van der Waals surface area contributed by atoms with Crippen LogP contribution in [0.15, 0.2) is 70.5 Å². The third-order valence-electron chi connectivity index (χ3n) is 10.8. The zero-order valence-corrected chi connectivity index (χ0v) is 34.6. The van der Waals surface area contributed by atoms with E-state index in [-0.39, 0.29) is 94.2 Å². The molecule has 2 aromatic carbocycles. The molecule has 6 heterocycles. The number of ether oxygens (including phenoxy) is 3. The summed E-state index contributed by atoms with van der Waals surface area (Å²) < 4.78 is 45.4. The summed E-state index contributed by atoms with van der Waals surface area (Å²) >= 11 is 0. The van der Waals surface area contributed by atoms with E-state index >= 15 is 0 Å². The number of carbonyl (C=O) groups is 2. The van der Waals surface area contributed by atoms with E-state index in [4.69, 9.17) is 19.3 Å². The predicted molar refractivity (Wildman–Crippen MR) is 238 cm³/mol. The highest BCUT2D eigenvalue weighted by Crippen LogP contribution is 2.41. The van der Waals surface area contributed by atoms with Gasteiger partial charge >= 0.3 is 5.97 Å². The van der Waals surface area contributed by atoms with Crippen LogP contribution >= 0.6 is 0 Å². The van der Waals surface area contributed by atoms with Crippen LogP contribution in [0.2, 0.25) is 0 Å². The molecule has 0 radical (unpaired) electrons. The Hall–Kier alpha value is -7.04. The van der Waals surface area contributed by atoms with Gasteiger partial charge in [-0.3, -0.25) is 33.5 Å². The maximum Gasteiger partial charge on any atom is 0.347 e. The average molecular weight is 936 g/mol. The summed E-state index contributed by atoms with van der Waals surface area (Å²) in [6.45, 7) is -2.01. The minimum atomic E-state index is -1.83. The molecule has 21 heteroatoms. The number of benzene rings is 2. The molecule has 6 aromatic rings. The van der Waals surface area contributed by atoms with Gasteiger partial charge in [0.15, 0.2) is 34.2 Å². The van der Waals surface area contributed by atoms with E-state index in [2.05, 4.69) is 15.3 Å². The molecule has 0 fully saturated rings. The molecule has 1 unspecified atom stereocenters. The molecule has 8 N–H and O–H groups in total. The van der Waals surface area contributed by atoms with Gasteiger partial charge in [-0.2, -0.15) is 0 Å². The lowest BCUT2D eigenvalue weighted by atomic mass is 9.99. The van der Waals surface area contributed by atoms with Crippen molar-refractivity contribution >= 4 is 33.9 Å². The number of aromatic nitrogens is 4. The lowest BCUT2D eigenvalue weighted by Gasteiger charge is -2.37. The summed E-state index contributed by atoms with van der Waals surface area (Å²) in [6.07, 6.45) is 3.27. The second-order valence-corrected chi connectivity index (χ2v) is 15.4. The van der Waals surface area contributed by atoms with Gasteiger partial charge in [0.05, 0.1) is 46.1 Å². The maximum atomic E-state index is 13.3. The number of amides is 1. The van der Waals surface area contributed by atoms with Gasteiger partial charge in [0.1, 0.15) is 51.5 Å². The van der Waals surface area contributed by atoms with Gasteiger partial charge in [-0.15, -0.1) is 0 Å². The Labute approximate surface area is 380 Å². The van der Waals surface area contributed by atoms with E-state index in [1.165, 1.54) is 36.7 Å². The first-order valence-electron chi connectivity index (χ1n) is 20.1. The number of carbonyl (C=O) groups excluding carboxylic acids is 2. The second kappa shape index (κ2) is 20.6. The summed E-state index contributed by atoms with van der Waals surface area (Å²) in [5.41, 5.74) is -3.96. The first-order chi connectivity index (χ1) is 31.1. The van der Waals surface area contributed by atoms with Gasteiger partial charge in [-0.05, 0) is 42.3 Å². The van der Waals surface area contributed by atoms with Crippen LogP contribution < -0.4 is 25.9 Å². The number of halogens is 2. The molecule has 2 aliphatic heterocycles. The number of nitrogens with zero attached hydrogens (tertiary/aromatic N) is 4. The molecule has 1 amide bonds. The van der Waals surface area contributed by atoms with E-state index in [0.29, 0.717) is 16.7 Å². The van der Waals surface area contributed by atoms with Crippen molar-refractivity contribution in [2.45, 2.75) is 58.9 Å². The quantitative estimate of drug-likeness (QED) is 0.0816. The lowest BCUT2D eigenvalue weighted by Crippen LogP contribution is -2.52. The monoisotopic (exact) mass is 935 g/mol. The number of rotatable bonds is 12. The highest BCUT2D eigenvalue weighted by molar-refractivity contribution is 6.03. The Morgan fingerprint density at radius 1 is 0.761 bits per heavy atom. The number of aromatic hydroxyl groups is 2. The fourth-order valence-electron chi connectivity index (χ4n) is 7.52. The average Bonchev–Trinajstić information content (AvgIpc) is 3.46. The Morgan fingerprint density at radius 3 is 1.76 bits per heavy atom. The van der Waals surface area contributed by atoms with E-state index in [0.717, 1.165) is 14.7 Å². The molecule has 4 aromatic heterocycles. The molecule has 0 aliphatic carbocycles. The minimum Gasteiger partial charge on any atom is -0.505 e. The lowest BCUT2D eigenvalue weighted by molar-refractivity contribution is -0.0553. The molecule has 19 nitrogen and oxygen atoms in total. The largest absolute Gasteiger partial charge is 0.505 e. The number of pyridine rings is 4. The number of hydrogen-bond donors (Lipinski definition) is 8. The van der Waals surface area contributed by atoms with Gasteiger partial charge < -0.3 is 55.3 Å². The number of hydrogen-bond acceptors (Lipinski definition) is 16. The van der Waals surface area contributed by atoms with E-state index in [9.17, 15) is 58.6 Å². The fraction of sp³-hybridized carbons (Fsp3) is 0.348. The first-order valence-corrected chi connectivity index (χ1v) is 20.1. The van der Waals surface area contributed by atoms with Crippen molar-refractivity contribution in [3.8, 4) is 23.0 Å². The Kier molecular flexibility index (Phi) is 15.7. The minimum absolute atomic E-state index is 0. The zero-order chi connectivity index (χ0) is 46.8. The molecule has 0 saturated carbocycles. The van der Waals surface area contributed by atoms with Crippen molar-refractivity contribution in [2.75, 3.05) is 46.2 Å². The smallest absolute Gasteiger partial charge is 0.347 e. The number of esters is 1. The Bertz CT molecular complexity index is 2920. The van der Waals surface area contributed by atoms with E-state index in [1.54, 1.807) is 31.2 Å². The zero-order valence-electron chi connectivity index (χ0n) is 34.6. The topological polar surface area (TPSA) is 285 Å². The van der Waals surface area contributed by atoms with E-state index < -0.39 is 94.8 Å². The molecular formula is C46H51F2N5O14. The summed E-state index contributed by atoms with van der Waals surface area (Å²) in [6, 6.07) is 11.5. The summed E-state index contributed by atoms with van der Waals surface area (Å²) in [4.78, 5) is 59.8. The number of aliphatic hydroxyl groups is 5. The predicted octanol–water partition coefficient (Wildman–Crippen LogP) is 2.07. The molecule has 8 rings (SSSR count). The van der Waals surface area contributed by atoms with Crippen LogP contribution in [0.25, 0.3) is 22.1 Å². The Balaban J connectivity index is 0.000000244. The van der Waals surface area contributed by atoms with Crippen molar-refractivity contribution < 1.29 is 68.3 Å². The molecule has 1 atom stereocenters. The summed E-state index contributed by atoms with van der Waals surface area (Å²) in [5, 5.41) is 73.1.